The topological polar surface area (TPSA) is 38.3 Å². The zero-order valence-corrected chi connectivity index (χ0v) is 12.5. The maximum absolute atomic E-state index is 11.7. The van der Waals surface area contributed by atoms with Crippen molar-refractivity contribution in [1.29, 1.82) is 0 Å². The molecule has 0 radical (unpaired) electrons. The van der Waals surface area contributed by atoms with Crippen molar-refractivity contribution < 1.29 is 9.53 Å². The summed E-state index contributed by atoms with van der Waals surface area (Å²) in [7, 11) is 0. The van der Waals surface area contributed by atoms with Crippen LogP contribution >= 0.6 is 0 Å². The normalized spacial score (nSPS) is 17.1. The van der Waals surface area contributed by atoms with Crippen LogP contribution in [-0.4, -0.2) is 12.0 Å². The van der Waals surface area contributed by atoms with Crippen molar-refractivity contribution in [3.8, 4) is 16.9 Å². The fourth-order valence-electron chi connectivity index (χ4n) is 2.45. The first kappa shape index (κ1) is 13.7. The zero-order valence-electron chi connectivity index (χ0n) is 12.5. The summed E-state index contributed by atoms with van der Waals surface area (Å²) in [4.78, 5) is 11.7. The van der Waals surface area contributed by atoms with Gasteiger partial charge in [-0.1, -0.05) is 44.2 Å². The van der Waals surface area contributed by atoms with Crippen molar-refractivity contribution in [2.75, 3.05) is 5.32 Å². The third kappa shape index (κ3) is 2.64. The lowest BCUT2D eigenvalue weighted by Gasteiger charge is -2.23. The van der Waals surface area contributed by atoms with Gasteiger partial charge in [0, 0.05) is 0 Å². The van der Waals surface area contributed by atoms with Crippen LogP contribution in [0.15, 0.2) is 42.5 Å². The highest BCUT2D eigenvalue weighted by atomic mass is 16.5. The monoisotopic (exact) mass is 281 g/mol. The number of hydrogen-bond acceptors (Lipinski definition) is 2. The van der Waals surface area contributed by atoms with E-state index in [1.54, 1.807) is 6.92 Å². The van der Waals surface area contributed by atoms with E-state index in [4.69, 9.17) is 4.74 Å². The Morgan fingerprint density at radius 3 is 2.38 bits per heavy atom. The molecule has 0 saturated carbocycles. The number of ether oxygens (including phenoxy) is 1. The van der Waals surface area contributed by atoms with E-state index >= 15 is 0 Å². The molecule has 0 bridgehead atoms. The van der Waals surface area contributed by atoms with Gasteiger partial charge in [-0.2, -0.15) is 0 Å². The Morgan fingerprint density at radius 2 is 1.71 bits per heavy atom. The lowest BCUT2D eigenvalue weighted by atomic mass is 9.98. The Kier molecular flexibility index (Phi) is 3.42. The second-order valence-corrected chi connectivity index (χ2v) is 5.74. The van der Waals surface area contributed by atoms with E-state index in [1.165, 1.54) is 5.56 Å². The summed E-state index contributed by atoms with van der Waals surface area (Å²) in [6.45, 7) is 6.11. The van der Waals surface area contributed by atoms with Gasteiger partial charge in [-0.3, -0.25) is 4.79 Å². The summed E-state index contributed by atoms with van der Waals surface area (Å²) < 4.78 is 5.57. The molecule has 2 aromatic carbocycles. The number of carbonyl (C=O) groups is 1. The highest BCUT2D eigenvalue weighted by Crippen LogP contribution is 2.34. The van der Waals surface area contributed by atoms with Crippen LogP contribution in [0.5, 0.6) is 5.75 Å². The molecule has 1 amide bonds. The van der Waals surface area contributed by atoms with Crippen molar-refractivity contribution in [2.24, 2.45) is 0 Å². The predicted molar refractivity (Wildman–Crippen MR) is 84.7 cm³/mol. The molecule has 0 spiro atoms. The van der Waals surface area contributed by atoms with E-state index in [0.29, 0.717) is 5.92 Å². The van der Waals surface area contributed by atoms with Gasteiger partial charge in [0.15, 0.2) is 6.10 Å². The Bertz CT molecular complexity index is 674. The Morgan fingerprint density at radius 1 is 1.05 bits per heavy atom. The van der Waals surface area contributed by atoms with Crippen molar-refractivity contribution in [3.63, 3.8) is 0 Å². The third-order valence-electron chi connectivity index (χ3n) is 3.82. The van der Waals surface area contributed by atoms with Crippen LogP contribution in [0.25, 0.3) is 11.1 Å². The van der Waals surface area contributed by atoms with Crippen LogP contribution in [0.4, 0.5) is 5.69 Å². The number of nitrogens with one attached hydrogen (secondary N) is 1. The molecule has 21 heavy (non-hydrogen) atoms. The molecule has 1 aliphatic heterocycles. The maximum atomic E-state index is 11.7. The van der Waals surface area contributed by atoms with Gasteiger partial charge in [0.2, 0.25) is 0 Å². The number of rotatable bonds is 2. The summed E-state index contributed by atoms with van der Waals surface area (Å²) in [5, 5.41) is 2.89. The number of fused-ring (bicyclic) bond motifs is 1. The Balaban J connectivity index is 1.93. The number of benzene rings is 2. The summed E-state index contributed by atoms with van der Waals surface area (Å²) in [5.41, 5.74) is 4.27. The molecular formula is C18H19NO2. The molecule has 0 fully saturated rings. The lowest BCUT2D eigenvalue weighted by molar-refractivity contribution is -0.122. The molecule has 2 aromatic rings. The van der Waals surface area contributed by atoms with E-state index < -0.39 is 6.10 Å². The fourth-order valence-corrected chi connectivity index (χ4v) is 2.45. The van der Waals surface area contributed by atoms with Crippen LogP contribution in [0.1, 0.15) is 32.3 Å². The molecule has 108 valence electrons. The molecule has 0 aromatic heterocycles. The third-order valence-corrected chi connectivity index (χ3v) is 3.82. The fraction of sp³-hybridized carbons (Fsp3) is 0.278. The Hall–Kier alpha value is -2.29. The van der Waals surface area contributed by atoms with Gasteiger partial charge in [0.1, 0.15) is 5.75 Å². The van der Waals surface area contributed by atoms with E-state index in [1.807, 2.05) is 18.2 Å². The number of amides is 1. The van der Waals surface area contributed by atoms with Crippen LogP contribution < -0.4 is 10.1 Å². The van der Waals surface area contributed by atoms with Crippen molar-refractivity contribution in [1.82, 2.24) is 0 Å². The van der Waals surface area contributed by atoms with Gasteiger partial charge >= 0.3 is 0 Å². The summed E-state index contributed by atoms with van der Waals surface area (Å²) >= 11 is 0. The molecule has 1 atom stereocenters. The molecule has 3 nitrogen and oxygen atoms in total. The molecule has 0 aliphatic carbocycles. The van der Waals surface area contributed by atoms with Crippen LogP contribution in [0, 0.1) is 0 Å². The molecule has 1 unspecified atom stereocenters. The van der Waals surface area contributed by atoms with E-state index in [9.17, 15) is 4.79 Å². The van der Waals surface area contributed by atoms with Gasteiger partial charge in [0.05, 0.1) is 5.69 Å². The average molecular weight is 281 g/mol. The van der Waals surface area contributed by atoms with Crippen LogP contribution in [0.2, 0.25) is 0 Å². The predicted octanol–water partition coefficient (Wildman–Crippen LogP) is 4.20. The first-order chi connectivity index (χ1) is 10.0. The zero-order chi connectivity index (χ0) is 15.0. The summed E-state index contributed by atoms with van der Waals surface area (Å²) in [5.74, 6) is 1.15. The van der Waals surface area contributed by atoms with Crippen molar-refractivity contribution in [2.45, 2.75) is 32.8 Å². The molecule has 1 heterocycles. The molecule has 3 heteroatoms. The highest BCUT2D eigenvalue weighted by Gasteiger charge is 2.23. The van der Waals surface area contributed by atoms with E-state index in [0.717, 1.165) is 22.6 Å². The largest absolute Gasteiger partial charge is 0.479 e. The van der Waals surface area contributed by atoms with Crippen molar-refractivity contribution >= 4 is 11.6 Å². The average Bonchev–Trinajstić information content (AvgIpc) is 2.48. The Labute approximate surface area is 124 Å². The summed E-state index contributed by atoms with van der Waals surface area (Å²) in [6, 6.07) is 14.4. The standard InChI is InChI=1S/C18H19NO2/c1-11(2)13-4-6-14(7-5-13)15-8-9-17-16(10-15)19-18(20)12(3)21-17/h4-12H,1-3H3,(H,19,20). The first-order valence-electron chi connectivity index (χ1n) is 7.26. The minimum atomic E-state index is -0.436. The van der Waals surface area contributed by atoms with Gasteiger partial charge < -0.3 is 10.1 Å². The minimum absolute atomic E-state index is 0.102. The van der Waals surface area contributed by atoms with Crippen molar-refractivity contribution in [3.05, 3.63) is 48.0 Å². The van der Waals surface area contributed by atoms with Gasteiger partial charge in [-0.05, 0) is 41.7 Å². The number of anilines is 1. The van der Waals surface area contributed by atoms with E-state index in [2.05, 4.69) is 43.4 Å². The molecule has 0 saturated heterocycles. The molecule has 1 aliphatic rings. The van der Waals surface area contributed by atoms with Gasteiger partial charge in [-0.15, -0.1) is 0 Å². The SMILES string of the molecule is CC1Oc2ccc(-c3ccc(C(C)C)cc3)cc2NC1=O. The van der Waals surface area contributed by atoms with Gasteiger partial charge in [-0.25, -0.2) is 0 Å². The molecule has 1 N–H and O–H groups in total. The lowest BCUT2D eigenvalue weighted by Crippen LogP contribution is -2.34. The van der Waals surface area contributed by atoms with Crippen LogP contribution in [-0.2, 0) is 4.79 Å². The highest BCUT2D eigenvalue weighted by molar-refractivity contribution is 5.98. The minimum Gasteiger partial charge on any atom is -0.479 e. The molecule has 3 rings (SSSR count). The smallest absolute Gasteiger partial charge is 0.265 e. The quantitative estimate of drug-likeness (QED) is 0.896. The van der Waals surface area contributed by atoms with Gasteiger partial charge in [0.25, 0.3) is 5.91 Å². The van der Waals surface area contributed by atoms with E-state index in [-0.39, 0.29) is 5.91 Å². The molecular weight excluding hydrogens is 262 g/mol. The van der Waals surface area contributed by atoms with Crippen LogP contribution in [0.3, 0.4) is 0 Å². The second kappa shape index (κ2) is 5.24. The first-order valence-corrected chi connectivity index (χ1v) is 7.26. The number of carbonyl (C=O) groups excluding carboxylic acids is 1. The summed E-state index contributed by atoms with van der Waals surface area (Å²) in [6.07, 6.45) is -0.436. The second-order valence-electron chi connectivity index (χ2n) is 5.74. The maximum Gasteiger partial charge on any atom is 0.265 e. The number of hydrogen-bond donors (Lipinski definition) is 1.